The summed E-state index contributed by atoms with van der Waals surface area (Å²) in [6.45, 7) is 1.44. The van der Waals surface area contributed by atoms with Gasteiger partial charge in [-0.3, -0.25) is 0 Å². The minimum absolute atomic E-state index is 0.213. The van der Waals surface area contributed by atoms with Crippen LogP contribution in [-0.2, 0) is 13.0 Å². The van der Waals surface area contributed by atoms with Gasteiger partial charge in [-0.25, -0.2) is 4.39 Å². The first kappa shape index (κ1) is 15.0. The second-order valence-corrected chi connectivity index (χ2v) is 5.33. The Kier molecular flexibility index (Phi) is 5.56. The largest absolute Gasteiger partial charge is 0.496 e. The van der Waals surface area contributed by atoms with Crippen molar-refractivity contribution in [2.45, 2.75) is 13.0 Å². The first-order valence-electron chi connectivity index (χ1n) is 6.47. The monoisotopic (exact) mass is 337 g/mol. The van der Waals surface area contributed by atoms with Crippen LogP contribution in [0.2, 0.25) is 0 Å². The quantitative estimate of drug-likeness (QED) is 0.806. The SMILES string of the molecule is COc1ccccc1CCNCc1cc(F)ccc1Br. The fourth-order valence-electron chi connectivity index (χ4n) is 2.03. The van der Waals surface area contributed by atoms with Gasteiger partial charge in [0, 0.05) is 11.0 Å². The second-order valence-electron chi connectivity index (χ2n) is 4.47. The average molecular weight is 338 g/mol. The lowest BCUT2D eigenvalue weighted by Gasteiger charge is -2.10. The van der Waals surface area contributed by atoms with Gasteiger partial charge in [0.05, 0.1) is 7.11 Å². The topological polar surface area (TPSA) is 21.3 Å². The minimum Gasteiger partial charge on any atom is -0.496 e. The highest BCUT2D eigenvalue weighted by Crippen LogP contribution is 2.19. The van der Waals surface area contributed by atoms with Crippen molar-refractivity contribution in [2.24, 2.45) is 0 Å². The third-order valence-electron chi connectivity index (χ3n) is 3.09. The van der Waals surface area contributed by atoms with Gasteiger partial charge in [-0.05, 0) is 48.4 Å². The molecule has 106 valence electrons. The average Bonchev–Trinajstić information content (AvgIpc) is 2.47. The molecule has 0 heterocycles. The Morgan fingerprint density at radius 2 is 1.95 bits per heavy atom. The summed E-state index contributed by atoms with van der Waals surface area (Å²) in [5.74, 6) is 0.691. The van der Waals surface area contributed by atoms with Gasteiger partial charge in [0.2, 0.25) is 0 Å². The predicted molar refractivity (Wildman–Crippen MR) is 82.5 cm³/mol. The molecule has 4 heteroatoms. The van der Waals surface area contributed by atoms with Crippen molar-refractivity contribution in [1.29, 1.82) is 0 Å². The Labute approximate surface area is 127 Å². The highest BCUT2D eigenvalue weighted by atomic mass is 79.9. The summed E-state index contributed by atoms with van der Waals surface area (Å²) in [6.07, 6.45) is 0.872. The molecule has 2 aromatic carbocycles. The number of hydrogen-bond donors (Lipinski definition) is 1. The Morgan fingerprint density at radius 1 is 1.15 bits per heavy atom. The van der Waals surface area contributed by atoms with E-state index in [1.54, 1.807) is 19.2 Å². The van der Waals surface area contributed by atoms with E-state index in [9.17, 15) is 4.39 Å². The molecule has 0 aromatic heterocycles. The molecular formula is C16H17BrFNO. The van der Waals surface area contributed by atoms with Crippen LogP contribution in [0, 0.1) is 5.82 Å². The van der Waals surface area contributed by atoms with E-state index < -0.39 is 0 Å². The lowest BCUT2D eigenvalue weighted by molar-refractivity contribution is 0.409. The van der Waals surface area contributed by atoms with Crippen LogP contribution in [0.4, 0.5) is 4.39 Å². The Hall–Kier alpha value is -1.39. The van der Waals surface area contributed by atoms with Crippen LogP contribution in [0.15, 0.2) is 46.9 Å². The van der Waals surface area contributed by atoms with Crippen LogP contribution < -0.4 is 10.1 Å². The van der Waals surface area contributed by atoms with E-state index in [0.717, 1.165) is 28.8 Å². The standard InChI is InChI=1S/C16H17BrFNO/c1-20-16-5-3-2-4-12(16)8-9-19-11-13-10-14(18)6-7-15(13)17/h2-7,10,19H,8-9,11H2,1H3. The molecule has 2 rings (SSSR count). The zero-order valence-corrected chi connectivity index (χ0v) is 12.9. The van der Waals surface area contributed by atoms with Crippen molar-refractivity contribution in [1.82, 2.24) is 5.32 Å². The van der Waals surface area contributed by atoms with Gasteiger partial charge in [0.25, 0.3) is 0 Å². The van der Waals surface area contributed by atoms with Gasteiger partial charge < -0.3 is 10.1 Å². The maximum Gasteiger partial charge on any atom is 0.123 e. The van der Waals surface area contributed by atoms with Gasteiger partial charge in [-0.2, -0.15) is 0 Å². The smallest absolute Gasteiger partial charge is 0.123 e. The number of nitrogens with one attached hydrogen (secondary N) is 1. The summed E-state index contributed by atoms with van der Waals surface area (Å²) in [7, 11) is 1.68. The van der Waals surface area contributed by atoms with E-state index in [1.165, 1.54) is 11.6 Å². The molecule has 0 saturated carbocycles. The lowest BCUT2D eigenvalue weighted by atomic mass is 10.1. The van der Waals surface area contributed by atoms with Crippen LogP contribution in [-0.4, -0.2) is 13.7 Å². The van der Waals surface area contributed by atoms with Gasteiger partial charge in [0.1, 0.15) is 11.6 Å². The number of benzene rings is 2. The van der Waals surface area contributed by atoms with Crippen LogP contribution in [0.1, 0.15) is 11.1 Å². The molecule has 0 radical (unpaired) electrons. The van der Waals surface area contributed by atoms with Gasteiger partial charge in [0.15, 0.2) is 0 Å². The predicted octanol–water partition coefficient (Wildman–Crippen LogP) is 3.93. The molecule has 0 spiro atoms. The molecular weight excluding hydrogens is 321 g/mol. The fourth-order valence-corrected chi connectivity index (χ4v) is 2.42. The van der Waals surface area contributed by atoms with Crippen molar-refractivity contribution in [3.8, 4) is 5.75 Å². The molecule has 0 aliphatic heterocycles. The van der Waals surface area contributed by atoms with Crippen molar-refractivity contribution >= 4 is 15.9 Å². The maximum atomic E-state index is 13.2. The van der Waals surface area contributed by atoms with E-state index in [2.05, 4.69) is 27.3 Å². The van der Waals surface area contributed by atoms with Crippen LogP contribution in [0.5, 0.6) is 5.75 Å². The molecule has 0 bridgehead atoms. The number of rotatable bonds is 6. The second kappa shape index (κ2) is 7.41. The van der Waals surface area contributed by atoms with E-state index in [4.69, 9.17) is 4.74 Å². The third-order valence-corrected chi connectivity index (χ3v) is 3.86. The highest BCUT2D eigenvalue weighted by Gasteiger charge is 2.03. The van der Waals surface area contributed by atoms with E-state index in [-0.39, 0.29) is 5.82 Å². The van der Waals surface area contributed by atoms with Gasteiger partial charge >= 0.3 is 0 Å². The highest BCUT2D eigenvalue weighted by molar-refractivity contribution is 9.10. The molecule has 0 atom stereocenters. The summed E-state index contributed by atoms with van der Waals surface area (Å²) < 4.78 is 19.4. The molecule has 0 fully saturated rings. The molecule has 2 aromatic rings. The number of hydrogen-bond acceptors (Lipinski definition) is 2. The Balaban J connectivity index is 1.86. The van der Waals surface area contributed by atoms with Crippen LogP contribution in [0.3, 0.4) is 0 Å². The zero-order chi connectivity index (χ0) is 14.4. The van der Waals surface area contributed by atoms with E-state index >= 15 is 0 Å². The van der Waals surface area contributed by atoms with Gasteiger partial charge in [-0.15, -0.1) is 0 Å². The molecule has 1 N–H and O–H groups in total. The summed E-state index contributed by atoms with van der Waals surface area (Å²) in [4.78, 5) is 0. The van der Waals surface area contributed by atoms with Crippen molar-refractivity contribution < 1.29 is 9.13 Å². The van der Waals surface area contributed by atoms with Crippen molar-refractivity contribution in [3.05, 3.63) is 63.9 Å². The molecule has 0 aliphatic carbocycles. The number of ether oxygens (including phenoxy) is 1. The van der Waals surface area contributed by atoms with Crippen LogP contribution >= 0.6 is 15.9 Å². The fraction of sp³-hybridized carbons (Fsp3) is 0.250. The number of halogens is 2. The minimum atomic E-state index is -0.213. The van der Waals surface area contributed by atoms with Crippen molar-refractivity contribution in [2.75, 3.05) is 13.7 Å². The molecule has 0 unspecified atom stereocenters. The van der Waals surface area contributed by atoms with E-state index in [0.29, 0.717) is 6.54 Å². The van der Waals surface area contributed by atoms with Crippen LogP contribution in [0.25, 0.3) is 0 Å². The van der Waals surface area contributed by atoms with Gasteiger partial charge in [-0.1, -0.05) is 34.1 Å². The molecule has 0 amide bonds. The lowest BCUT2D eigenvalue weighted by Crippen LogP contribution is -2.17. The summed E-state index contributed by atoms with van der Waals surface area (Å²) in [5.41, 5.74) is 2.09. The summed E-state index contributed by atoms with van der Waals surface area (Å²) >= 11 is 3.42. The first-order valence-corrected chi connectivity index (χ1v) is 7.26. The zero-order valence-electron chi connectivity index (χ0n) is 11.3. The maximum absolute atomic E-state index is 13.2. The molecule has 20 heavy (non-hydrogen) atoms. The summed E-state index contributed by atoms with van der Waals surface area (Å²) in [6, 6.07) is 12.7. The Bertz CT molecular complexity index is 574. The Morgan fingerprint density at radius 3 is 2.75 bits per heavy atom. The molecule has 0 aliphatic rings. The number of para-hydroxylation sites is 1. The molecule has 2 nitrogen and oxygen atoms in total. The molecule has 0 saturated heterocycles. The normalized spacial score (nSPS) is 10.6. The van der Waals surface area contributed by atoms with Crippen molar-refractivity contribution in [3.63, 3.8) is 0 Å². The van der Waals surface area contributed by atoms with E-state index in [1.807, 2.05) is 18.2 Å². The number of methoxy groups -OCH3 is 1. The third kappa shape index (κ3) is 4.05. The first-order chi connectivity index (χ1) is 9.70. The summed E-state index contributed by atoms with van der Waals surface area (Å²) in [5, 5.41) is 3.32.